The van der Waals surface area contributed by atoms with Crippen LogP contribution in [0.2, 0.25) is 0 Å². The van der Waals surface area contributed by atoms with Gasteiger partial charge in [-0.25, -0.2) is 9.97 Å². The Kier molecular flexibility index (Phi) is 3.54. The van der Waals surface area contributed by atoms with Gasteiger partial charge < -0.3 is 9.12 Å². The van der Waals surface area contributed by atoms with Gasteiger partial charge in [0.15, 0.2) is 10.5 Å². The van der Waals surface area contributed by atoms with Crippen LogP contribution in [0.25, 0.3) is 22.6 Å². The van der Waals surface area contributed by atoms with E-state index in [4.69, 9.17) is 0 Å². The number of fused-ring (bicyclic) bond motifs is 1. The van der Waals surface area contributed by atoms with Gasteiger partial charge in [0.1, 0.15) is 17.1 Å². The van der Waals surface area contributed by atoms with E-state index in [1.165, 1.54) is 0 Å². The van der Waals surface area contributed by atoms with Crippen molar-refractivity contribution < 1.29 is 4.55 Å². The van der Waals surface area contributed by atoms with E-state index >= 15 is 0 Å². The summed E-state index contributed by atoms with van der Waals surface area (Å²) in [6.45, 7) is 3.93. The highest BCUT2D eigenvalue weighted by Gasteiger charge is 2.21. The van der Waals surface area contributed by atoms with Gasteiger partial charge in [-0.15, -0.1) is 11.3 Å². The second-order valence-corrected chi connectivity index (χ2v) is 7.09. The number of hydrogen-bond donors (Lipinski definition) is 0. The zero-order chi connectivity index (χ0) is 14.3. The van der Waals surface area contributed by atoms with Crippen molar-refractivity contribution in [3.05, 3.63) is 28.6 Å². The van der Waals surface area contributed by atoms with E-state index in [0.717, 1.165) is 33.0 Å². The lowest BCUT2D eigenvalue weighted by molar-refractivity contribution is 0.597. The molecule has 3 rings (SSSR count). The fraction of sp³-hybridized carbons (Fsp3) is 0.286. The maximum absolute atomic E-state index is 12.1. The highest BCUT2D eigenvalue weighted by atomic mass is 32.2. The zero-order valence-corrected chi connectivity index (χ0v) is 13.2. The average Bonchev–Trinajstić information content (AvgIpc) is 3.02. The maximum atomic E-state index is 12.1. The number of imidazole rings is 1. The van der Waals surface area contributed by atoms with E-state index in [2.05, 4.69) is 9.97 Å². The van der Waals surface area contributed by atoms with Crippen LogP contribution in [-0.4, -0.2) is 24.8 Å². The number of aromatic nitrogens is 3. The molecule has 0 bridgehead atoms. The molecular formula is C14H15N3OS2. The van der Waals surface area contributed by atoms with Gasteiger partial charge in [-0.05, 0) is 36.7 Å². The van der Waals surface area contributed by atoms with Gasteiger partial charge in [0.05, 0.1) is 5.56 Å². The van der Waals surface area contributed by atoms with E-state index in [-0.39, 0.29) is 0 Å². The Morgan fingerprint density at radius 1 is 1.40 bits per heavy atom. The lowest BCUT2D eigenvalue weighted by Crippen LogP contribution is -2.05. The molecule has 4 nitrogen and oxygen atoms in total. The highest BCUT2D eigenvalue weighted by Crippen LogP contribution is 2.32. The van der Waals surface area contributed by atoms with Gasteiger partial charge in [-0.1, -0.05) is 0 Å². The SMILES string of the molecule is CC[S+]([O-])c1cscc1-c1nc2cc(C)cnc2n1C. The van der Waals surface area contributed by atoms with Gasteiger partial charge in [-0.2, -0.15) is 0 Å². The van der Waals surface area contributed by atoms with E-state index in [0.29, 0.717) is 5.75 Å². The topological polar surface area (TPSA) is 53.8 Å². The zero-order valence-electron chi connectivity index (χ0n) is 11.6. The smallest absolute Gasteiger partial charge is 0.174 e. The van der Waals surface area contributed by atoms with Crippen LogP contribution in [0.5, 0.6) is 0 Å². The Labute approximate surface area is 124 Å². The molecule has 1 atom stereocenters. The van der Waals surface area contributed by atoms with Crippen molar-refractivity contribution >= 4 is 33.7 Å². The second-order valence-electron chi connectivity index (χ2n) is 4.63. The minimum atomic E-state index is -0.969. The lowest BCUT2D eigenvalue weighted by atomic mass is 10.3. The molecule has 0 aliphatic heterocycles. The first-order valence-corrected chi connectivity index (χ1v) is 8.62. The summed E-state index contributed by atoms with van der Waals surface area (Å²) in [5.74, 6) is 1.45. The largest absolute Gasteiger partial charge is 0.611 e. The molecule has 0 aromatic carbocycles. The molecule has 0 N–H and O–H groups in total. The molecule has 3 aromatic rings. The monoisotopic (exact) mass is 305 g/mol. The van der Waals surface area contributed by atoms with Crippen molar-refractivity contribution in [1.82, 2.24) is 14.5 Å². The molecule has 6 heteroatoms. The molecule has 0 aliphatic carbocycles. The normalized spacial score (nSPS) is 13.0. The number of rotatable bonds is 3. The van der Waals surface area contributed by atoms with Crippen molar-refractivity contribution in [3.63, 3.8) is 0 Å². The van der Waals surface area contributed by atoms with Crippen molar-refractivity contribution in [2.45, 2.75) is 18.7 Å². The van der Waals surface area contributed by atoms with Gasteiger partial charge in [0.25, 0.3) is 0 Å². The third-order valence-corrected chi connectivity index (χ3v) is 5.47. The Morgan fingerprint density at radius 3 is 2.95 bits per heavy atom. The molecule has 1 unspecified atom stereocenters. The predicted molar refractivity (Wildman–Crippen MR) is 83.5 cm³/mol. The fourth-order valence-electron chi connectivity index (χ4n) is 2.20. The second kappa shape index (κ2) is 5.20. The summed E-state index contributed by atoms with van der Waals surface area (Å²) in [4.78, 5) is 9.97. The highest BCUT2D eigenvalue weighted by molar-refractivity contribution is 7.91. The fourth-order valence-corrected chi connectivity index (χ4v) is 4.26. The summed E-state index contributed by atoms with van der Waals surface area (Å²) >= 11 is 0.591. The summed E-state index contributed by atoms with van der Waals surface area (Å²) in [5, 5.41) is 3.96. The molecule has 20 heavy (non-hydrogen) atoms. The first-order chi connectivity index (χ1) is 9.61. The van der Waals surface area contributed by atoms with Crippen LogP contribution in [0.15, 0.2) is 27.9 Å². The molecule has 0 radical (unpaired) electrons. The molecule has 0 saturated heterocycles. The Balaban J connectivity index is 2.20. The molecule has 0 saturated carbocycles. The summed E-state index contributed by atoms with van der Waals surface area (Å²) in [7, 11) is 1.95. The first kappa shape index (κ1) is 13.6. The van der Waals surface area contributed by atoms with Crippen LogP contribution in [0.3, 0.4) is 0 Å². The third kappa shape index (κ3) is 2.13. The predicted octanol–water partition coefficient (Wildman–Crippen LogP) is 3.13. The van der Waals surface area contributed by atoms with Crippen LogP contribution in [0.4, 0.5) is 0 Å². The van der Waals surface area contributed by atoms with E-state index in [9.17, 15) is 4.55 Å². The van der Waals surface area contributed by atoms with Crippen LogP contribution >= 0.6 is 11.3 Å². The van der Waals surface area contributed by atoms with Gasteiger partial charge in [0, 0.05) is 24.0 Å². The molecular weight excluding hydrogens is 290 g/mol. The van der Waals surface area contributed by atoms with Crippen LogP contribution in [0.1, 0.15) is 12.5 Å². The van der Waals surface area contributed by atoms with Crippen LogP contribution in [-0.2, 0) is 18.2 Å². The van der Waals surface area contributed by atoms with Crippen molar-refractivity contribution in [2.24, 2.45) is 7.05 Å². The van der Waals surface area contributed by atoms with Crippen molar-refractivity contribution in [3.8, 4) is 11.4 Å². The Morgan fingerprint density at radius 2 is 2.20 bits per heavy atom. The van der Waals surface area contributed by atoms with Crippen molar-refractivity contribution in [2.75, 3.05) is 5.75 Å². The number of thiophene rings is 1. The number of nitrogens with zero attached hydrogens (tertiary/aromatic N) is 3. The first-order valence-electron chi connectivity index (χ1n) is 6.35. The third-order valence-electron chi connectivity index (χ3n) is 3.22. The minimum Gasteiger partial charge on any atom is -0.611 e. The summed E-state index contributed by atoms with van der Waals surface area (Å²) in [6.07, 6.45) is 1.84. The van der Waals surface area contributed by atoms with Crippen LogP contribution in [0, 0.1) is 6.92 Å². The molecule has 3 aromatic heterocycles. The van der Waals surface area contributed by atoms with E-state index < -0.39 is 11.2 Å². The average molecular weight is 305 g/mol. The number of pyridine rings is 1. The molecule has 104 valence electrons. The van der Waals surface area contributed by atoms with E-state index in [1.54, 1.807) is 11.3 Å². The molecule has 0 amide bonds. The molecule has 3 heterocycles. The summed E-state index contributed by atoms with van der Waals surface area (Å²) in [5.41, 5.74) is 3.77. The minimum absolute atomic E-state index is 0.616. The Hall–Kier alpha value is -1.37. The summed E-state index contributed by atoms with van der Waals surface area (Å²) in [6, 6.07) is 2.02. The summed E-state index contributed by atoms with van der Waals surface area (Å²) < 4.78 is 14.1. The van der Waals surface area contributed by atoms with Gasteiger partial charge >= 0.3 is 0 Å². The number of aryl methyl sites for hydroxylation is 2. The Bertz CT molecular complexity index is 763. The molecule has 0 spiro atoms. The van der Waals surface area contributed by atoms with E-state index in [1.807, 2.05) is 48.5 Å². The van der Waals surface area contributed by atoms with Gasteiger partial charge in [-0.3, -0.25) is 0 Å². The maximum Gasteiger partial charge on any atom is 0.174 e. The number of hydrogen-bond acceptors (Lipinski definition) is 4. The molecule has 0 fully saturated rings. The lowest BCUT2D eigenvalue weighted by Gasteiger charge is -2.08. The van der Waals surface area contributed by atoms with Crippen LogP contribution < -0.4 is 0 Å². The quantitative estimate of drug-likeness (QED) is 0.699. The standard InChI is InChI=1S/C14H15N3OS2/c1-4-20(18)12-8-19-7-10(12)13-16-11-5-9(2)6-15-14(11)17(13)3/h5-8H,4H2,1-3H3. The van der Waals surface area contributed by atoms with Gasteiger partial charge in [0.2, 0.25) is 0 Å². The van der Waals surface area contributed by atoms with Crippen molar-refractivity contribution in [1.29, 1.82) is 0 Å². The molecule has 0 aliphatic rings.